The Balaban J connectivity index is 1.71. The second-order valence-corrected chi connectivity index (χ2v) is 9.33. The molecule has 5 nitrogen and oxygen atoms in total. The number of amides is 4. The zero-order chi connectivity index (χ0) is 20.4. The Morgan fingerprint density at radius 3 is 1.66 bits per heavy atom. The lowest BCUT2D eigenvalue weighted by molar-refractivity contribution is -0.151. The van der Waals surface area contributed by atoms with Crippen molar-refractivity contribution in [2.75, 3.05) is 0 Å². The summed E-state index contributed by atoms with van der Waals surface area (Å²) in [5.41, 5.74) is 0.825. The molecule has 0 spiro atoms. The maximum atomic E-state index is 13.5. The number of carbonyl (C=O) groups excluding carboxylic acids is 3. The predicted octanol–water partition coefficient (Wildman–Crippen LogP) is 4.66. The highest BCUT2D eigenvalue weighted by Crippen LogP contribution is 2.38. The third kappa shape index (κ3) is 3.81. The van der Waals surface area contributed by atoms with Gasteiger partial charge < -0.3 is 0 Å². The summed E-state index contributed by atoms with van der Waals surface area (Å²) in [6.07, 6.45) is 9.49. The minimum atomic E-state index is -1.75. The number of alkyl halides is 1. The molecule has 3 fully saturated rings. The van der Waals surface area contributed by atoms with E-state index in [-0.39, 0.29) is 18.5 Å². The van der Waals surface area contributed by atoms with Crippen molar-refractivity contribution in [3.63, 3.8) is 0 Å². The first kappa shape index (κ1) is 20.4. The SMILES string of the molecule is O=C1N(C2CCCCC2)C(=O)C(Cl)(Cc2ccccc2)C(=O)N1C1CCCCC1. The summed E-state index contributed by atoms with van der Waals surface area (Å²) in [5, 5.41) is 0. The standard InChI is InChI=1S/C23H29ClN2O3/c24-23(16-17-10-4-1-5-11-17)20(27)25(18-12-6-2-7-13-18)22(29)26(21(23)28)19-14-8-3-9-15-19/h1,4-5,10-11,18-19H,2-3,6-9,12-16H2. The maximum absolute atomic E-state index is 13.5. The minimum Gasteiger partial charge on any atom is -0.272 e. The molecule has 0 bridgehead atoms. The van der Waals surface area contributed by atoms with Gasteiger partial charge in [-0.1, -0.05) is 80.5 Å². The van der Waals surface area contributed by atoms with Crippen molar-refractivity contribution in [2.45, 2.75) is 87.6 Å². The fraction of sp³-hybridized carbons (Fsp3) is 0.609. The van der Waals surface area contributed by atoms with Crippen LogP contribution in [0.4, 0.5) is 4.79 Å². The molecule has 156 valence electrons. The van der Waals surface area contributed by atoms with Crippen LogP contribution in [0.2, 0.25) is 0 Å². The maximum Gasteiger partial charge on any atom is 0.334 e. The van der Waals surface area contributed by atoms with Gasteiger partial charge in [-0.15, -0.1) is 0 Å². The summed E-state index contributed by atoms with van der Waals surface area (Å²) < 4.78 is 0. The van der Waals surface area contributed by atoms with Crippen molar-refractivity contribution in [1.29, 1.82) is 0 Å². The largest absolute Gasteiger partial charge is 0.334 e. The van der Waals surface area contributed by atoms with Crippen LogP contribution in [-0.2, 0) is 16.0 Å². The Bertz CT molecular complexity index is 730. The van der Waals surface area contributed by atoms with Gasteiger partial charge in [0.25, 0.3) is 11.8 Å². The highest BCUT2D eigenvalue weighted by molar-refractivity contribution is 6.49. The van der Waals surface area contributed by atoms with Crippen LogP contribution in [0.5, 0.6) is 0 Å². The lowest BCUT2D eigenvalue weighted by Gasteiger charge is -2.47. The van der Waals surface area contributed by atoms with Gasteiger partial charge in [0.15, 0.2) is 0 Å². The van der Waals surface area contributed by atoms with E-state index in [2.05, 4.69) is 0 Å². The lowest BCUT2D eigenvalue weighted by Crippen LogP contribution is -2.71. The van der Waals surface area contributed by atoms with Crippen molar-refractivity contribution in [1.82, 2.24) is 9.80 Å². The Morgan fingerprint density at radius 2 is 1.21 bits per heavy atom. The first-order chi connectivity index (χ1) is 14.0. The van der Waals surface area contributed by atoms with E-state index in [0.717, 1.165) is 69.8 Å². The number of urea groups is 1. The van der Waals surface area contributed by atoms with Crippen LogP contribution in [0, 0.1) is 0 Å². The number of nitrogens with zero attached hydrogens (tertiary/aromatic N) is 2. The second kappa shape index (κ2) is 8.47. The molecule has 2 saturated carbocycles. The van der Waals surface area contributed by atoms with Crippen LogP contribution >= 0.6 is 11.6 Å². The average Bonchev–Trinajstić information content (AvgIpc) is 2.75. The summed E-state index contributed by atoms with van der Waals surface area (Å²) in [6.45, 7) is 0. The average molecular weight is 417 g/mol. The third-order valence-electron chi connectivity index (χ3n) is 6.70. The molecule has 0 N–H and O–H groups in total. The Labute approximate surface area is 177 Å². The summed E-state index contributed by atoms with van der Waals surface area (Å²) in [4.78, 5) is 41.4. The van der Waals surface area contributed by atoms with Crippen molar-refractivity contribution in [3.05, 3.63) is 35.9 Å². The first-order valence-electron chi connectivity index (χ1n) is 11.0. The fourth-order valence-electron chi connectivity index (χ4n) is 5.11. The zero-order valence-corrected chi connectivity index (χ0v) is 17.6. The summed E-state index contributed by atoms with van der Waals surface area (Å²) in [7, 11) is 0. The lowest BCUT2D eigenvalue weighted by atomic mass is 9.87. The van der Waals surface area contributed by atoms with Gasteiger partial charge in [-0.25, -0.2) is 4.79 Å². The van der Waals surface area contributed by atoms with Gasteiger partial charge in [-0.05, 0) is 31.2 Å². The van der Waals surface area contributed by atoms with E-state index >= 15 is 0 Å². The van der Waals surface area contributed by atoms with Crippen molar-refractivity contribution in [2.24, 2.45) is 0 Å². The molecule has 1 aliphatic heterocycles. The molecule has 29 heavy (non-hydrogen) atoms. The quantitative estimate of drug-likeness (QED) is 0.529. The fourth-order valence-corrected chi connectivity index (χ4v) is 5.45. The number of barbiturate groups is 1. The van der Waals surface area contributed by atoms with Crippen LogP contribution in [-0.4, -0.2) is 44.6 Å². The van der Waals surface area contributed by atoms with E-state index in [1.807, 2.05) is 30.3 Å². The van der Waals surface area contributed by atoms with Crippen LogP contribution < -0.4 is 0 Å². The highest BCUT2D eigenvalue weighted by atomic mass is 35.5. The molecule has 1 aromatic rings. The summed E-state index contributed by atoms with van der Waals surface area (Å²) in [6, 6.07) is 8.62. The third-order valence-corrected chi connectivity index (χ3v) is 7.15. The molecule has 1 heterocycles. The van der Waals surface area contributed by atoms with Gasteiger partial charge >= 0.3 is 6.03 Å². The van der Waals surface area contributed by atoms with E-state index in [1.54, 1.807) is 0 Å². The van der Waals surface area contributed by atoms with Gasteiger partial charge in [-0.2, -0.15) is 0 Å². The smallest absolute Gasteiger partial charge is 0.272 e. The summed E-state index contributed by atoms with van der Waals surface area (Å²) >= 11 is 6.87. The molecule has 1 saturated heterocycles. The number of rotatable bonds is 4. The van der Waals surface area contributed by atoms with Gasteiger partial charge in [0, 0.05) is 18.5 Å². The molecule has 3 aliphatic rings. The molecule has 0 unspecified atom stereocenters. The highest BCUT2D eigenvalue weighted by Gasteiger charge is 2.59. The van der Waals surface area contributed by atoms with Crippen LogP contribution in [0.3, 0.4) is 0 Å². The molecule has 4 amide bonds. The molecule has 2 aliphatic carbocycles. The van der Waals surface area contributed by atoms with Gasteiger partial charge in [-0.3, -0.25) is 19.4 Å². The Hall–Kier alpha value is -1.88. The molecular weight excluding hydrogens is 388 g/mol. The molecule has 0 radical (unpaired) electrons. The number of hydrogen-bond donors (Lipinski definition) is 0. The molecular formula is C23H29ClN2O3. The van der Waals surface area contributed by atoms with E-state index in [9.17, 15) is 14.4 Å². The van der Waals surface area contributed by atoms with E-state index in [1.165, 1.54) is 9.80 Å². The zero-order valence-electron chi connectivity index (χ0n) is 16.8. The van der Waals surface area contributed by atoms with Gasteiger partial charge in [0.2, 0.25) is 4.87 Å². The van der Waals surface area contributed by atoms with E-state index in [4.69, 9.17) is 11.6 Å². The summed E-state index contributed by atoms with van der Waals surface area (Å²) in [5.74, 6) is -1.06. The van der Waals surface area contributed by atoms with E-state index < -0.39 is 22.7 Å². The van der Waals surface area contributed by atoms with Crippen molar-refractivity contribution < 1.29 is 14.4 Å². The normalized spacial score (nSPS) is 24.2. The number of carbonyl (C=O) groups is 3. The predicted molar refractivity (Wildman–Crippen MR) is 112 cm³/mol. The second-order valence-electron chi connectivity index (χ2n) is 8.68. The van der Waals surface area contributed by atoms with Gasteiger partial charge in [0.05, 0.1) is 0 Å². The minimum absolute atomic E-state index is 0.104. The van der Waals surface area contributed by atoms with Crippen molar-refractivity contribution >= 4 is 29.4 Å². The Morgan fingerprint density at radius 1 is 0.759 bits per heavy atom. The first-order valence-corrected chi connectivity index (χ1v) is 11.3. The number of halogens is 1. The number of benzene rings is 1. The van der Waals surface area contributed by atoms with Crippen LogP contribution in [0.1, 0.15) is 69.8 Å². The number of hydrogen-bond acceptors (Lipinski definition) is 3. The molecule has 0 atom stereocenters. The Kier molecular flexibility index (Phi) is 5.95. The molecule has 4 rings (SSSR count). The monoisotopic (exact) mass is 416 g/mol. The van der Waals surface area contributed by atoms with Gasteiger partial charge in [0.1, 0.15) is 0 Å². The van der Waals surface area contributed by atoms with Crippen LogP contribution in [0.25, 0.3) is 0 Å². The molecule has 6 heteroatoms. The number of imide groups is 2. The van der Waals surface area contributed by atoms with Crippen molar-refractivity contribution in [3.8, 4) is 0 Å². The van der Waals surface area contributed by atoms with E-state index in [0.29, 0.717) is 0 Å². The molecule has 1 aromatic carbocycles. The van der Waals surface area contributed by atoms with Crippen LogP contribution in [0.15, 0.2) is 30.3 Å². The molecule has 0 aromatic heterocycles. The topological polar surface area (TPSA) is 57.7 Å².